The van der Waals surface area contributed by atoms with Gasteiger partial charge in [-0.1, -0.05) is 49.2 Å². The molecule has 4 heteroatoms. The molecule has 2 aromatic rings. The molecule has 0 radical (unpaired) electrons. The van der Waals surface area contributed by atoms with Crippen molar-refractivity contribution < 1.29 is 4.79 Å². The number of rotatable bonds is 6. The summed E-state index contributed by atoms with van der Waals surface area (Å²) >= 11 is 0. The van der Waals surface area contributed by atoms with Crippen LogP contribution in [-0.2, 0) is 19.6 Å². The Morgan fingerprint density at radius 2 is 1.58 bits per heavy atom. The third-order valence-corrected chi connectivity index (χ3v) is 5.10. The van der Waals surface area contributed by atoms with E-state index in [1.165, 1.54) is 49.9 Å². The van der Waals surface area contributed by atoms with Crippen molar-refractivity contribution in [2.45, 2.75) is 45.3 Å². The van der Waals surface area contributed by atoms with Crippen LogP contribution in [0.3, 0.4) is 0 Å². The van der Waals surface area contributed by atoms with Crippen LogP contribution in [-0.4, -0.2) is 23.9 Å². The molecule has 0 atom stereocenters. The molecule has 138 valence electrons. The zero-order valence-electron chi connectivity index (χ0n) is 15.4. The van der Waals surface area contributed by atoms with Crippen LogP contribution >= 0.6 is 0 Å². The van der Waals surface area contributed by atoms with Gasteiger partial charge in [0.1, 0.15) is 0 Å². The normalized spacial score (nSPS) is 15.4. The number of benzene rings is 2. The largest absolute Gasteiger partial charge is 0.348 e. The van der Waals surface area contributed by atoms with E-state index in [1.807, 2.05) is 30.3 Å². The van der Waals surface area contributed by atoms with Crippen LogP contribution in [0.5, 0.6) is 0 Å². The van der Waals surface area contributed by atoms with E-state index in [-0.39, 0.29) is 5.91 Å². The lowest BCUT2D eigenvalue weighted by molar-refractivity contribution is 0.0950. The number of likely N-dealkylation sites (tertiary alicyclic amines) is 1. The number of carbonyl (C=O) groups is 1. The zero-order chi connectivity index (χ0) is 18.2. The van der Waals surface area contributed by atoms with Gasteiger partial charge in [-0.05, 0) is 54.8 Å². The van der Waals surface area contributed by atoms with Crippen molar-refractivity contribution in [3.05, 3.63) is 70.8 Å². The van der Waals surface area contributed by atoms with Gasteiger partial charge in [0.05, 0.1) is 0 Å². The Morgan fingerprint density at radius 1 is 0.923 bits per heavy atom. The molecule has 1 fully saturated rings. The lowest BCUT2D eigenvalue weighted by atomic mass is 10.1. The van der Waals surface area contributed by atoms with Crippen molar-refractivity contribution in [1.82, 2.24) is 10.2 Å². The minimum absolute atomic E-state index is 0.0434. The Balaban J connectivity index is 1.61. The van der Waals surface area contributed by atoms with Crippen molar-refractivity contribution in [3.8, 4) is 0 Å². The number of nitrogens with two attached hydrogens (primary N) is 1. The SMILES string of the molecule is NCc1ccc(C(=O)NCc2ccccc2CN2CCCCCC2)cc1. The molecule has 3 N–H and O–H groups in total. The van der Waals surface area contributed by atoms with E-state index < -0.39 is 0 Å². The number of amides is 1. The molecule has 26 heavy (non-hydrogen) atoms. The number of nitrogens with one attached hydrogen (secondary N) is 1. The molecule has 1 amide bonds. The summed E-state index contributed by atoms with van der Waals surface area (Å²) in [4.78, 5) is 15.0. The number of hydrogen-bond acceptors (Lipinski definition) is 3. The van der Waals surface area contributed by atoms with Crippen LogP contribution in [0.4, 0.5) is 0 Å². The third-order valence-electron chi connectivity index (χ3n) is 5.10. The van der Waals surface area contributed by atoms with Gasteiger partial charge < -0.3 is 11.1 Å². The maximum Gasteiger partial charge on any atom is 0.251 e. The first-order chi connectivity index (χ1) is 12.8. The predicted octanol–water partition coefficient (Wildman–Crippen LogP) is 3.45. The molecule has 0 aliphatic carbocycles. The molecular weight excluding hydrogens is 322 g/mol. The van der Waals surface area contributed by atoms with Gasteiger partial charge in [-0.3, -0.25) is 9.69 Å². The number of nitrogens with zero attached hydrogens (tertiary/aromatic N) is 1. The molecule has 1 heterocycles. The number of hydrogen-bond donors (Lipinski definition) is 2. The van der Waals surface area contributed by atoms with Crippen molar-refractivity contribution in [3.63, 3.8) is 0 Å². The molecule has 0 unspecified atom stereocenters. The average molecular weight is 351 g/mol. The highest BCUT2D eigenvalue weighted by Gasteiger charge is 2.12. The molecule has 1 aliphatic heterocycles. The van der Waals surface area contributed by atoms with Crippen molar-refractivity contribution in [1.29, 1.82) is 0 Å². The van der Waals surface area contributed by atoms with Gasteiger partial charge in [0.2, 0.25) is 0 Å². The Morgan fingerprint density at radius 3 is 2.23 bits per heavy atom. The fourth-order valence-corrected chi connectivity index (χ4v) is 3.49. The molecule has 4 nitrogen and oxygen atoms in total. The van der Waals surface area contributed by atoms with E-state index in [2.05, 4.69) is 28.4 Å². The van der Waals surface area contributed by atoms with E-state index >= 15 is 0 Å². The van der Waals surface area contributed by atoms with Gasteiger partial charge in [0.15, 0.2) is 0 Å². The fourth-order valence-electron chi connectivity index (χ4n) is 3.49. The summed E-state index contributed by atoms with van der Waals surface area (Å²) in [6, 6.07) is 15.9. The topological polar surface area (TPSA) is 58.4 Å². The summed E-state index contributed by atoms with van der Waals surface area (Å²) in [5.74, 6) is -0.0434. The lowest BCUT2D eigenvalue weighted by Crippen LogP contribution is -2.26. The predicted molar refractivity (Wildman–Crippen MR) is 106 cm³/mol. The molecular formula is C22H29N3O. The molecule has 0 saturated carbocycles. The highest BCUT2D eigenvalue weighted by atomic mass is 16.1. The van der Waals surface area contributed by atoms with Crippen molar-refractivity contribution >= 4 is 5.91 Å². The highest BCUT2D eigenvalue weighted by Crippen LogP contribution is 2.16. The minimum atomic E-state index is -0.0434. The third kappa shape index (κ3) is 5.16. The Labute approximate surface area is 156 Å². The highest BCUT2D eigenvalue weighted by molar-refractivity contribution is 5.94. The van der Waals surface area contributed by atoms with Gasteiger partial charge >= 0.3 is 0 Å². The quantitative estimate of drug-likeness (QED) is 0.838. The zero-order valence-corrected chi connectivity index (χ0v) is 15.4. The van der Waals surface area contributed by atoms with E-state index in [9.17, 15) is 4.79 Å². The van der Waals surface area contributed by atoms with Crippen LogP contribution in [0, 0.1) is 0 Å². The van der Waals surface area contributed by atoms with Gasteiger partial charge in [-0.25, -0.2) is 0 Å². The fraction of sp³-hybridized carbons (Fsp3) is 0.409. The summed E-state index contributed by atoms with van der Waals surface area (Å²) < 4.78 is 0. The summed E-state index contributed by atoms with van der Waals surface area (Å²) in [6.07, 6.45) is 5.27. The lowest BCUT2D eigenvalue weighted by Gasteiger charge is -2.21. The van der Waals surface area contributed by atoms with Crippen LogP contribution in [0.15, 0.2) is 48.5 Å². The minimum Gasteiger partial charge on any atom is -0.348 e. The van der Waals surface area contributed by atoms with Crippen LogP contribution in [0.2, 0.25) is 0 Å². The Bertz CT molecular complexity index is 704. The standard InChI is InChI=1S/C22H29N3O/c23-15-18-9-11-19(12-10-18)22(26)24-16-20-7-3-4-8-21(20)17-25-13-5-1-2-6-14-25/h3-4,7-12H,1-2,5-6,13-17,23H2,(H,24,26). The van der Waals surface area contributed by atoms with Crippen LogP contribution < -0.4 is 11.1 Å². The second kappa shape index (κ2) is 9.51. The summed E-state index contributed by atoms with van der Waals surface area (Å²) in [6.45, 7) is 4.37. The summed E-state index contributed by atoms with van der Waals surface area (Å²) in [7, 11) is 0. The number of carbonyl (C=O) groups excluding carboxylic acids is 1. The van der Waals surface area contributed by atoms with E-state index in [0.29, 0.717) is 18.7 Å². The maximum atomic E-state index is 12.4. The van der Waals surface area contributed by atoms with Gasteiger partial charge in [-0.2, -0.15) is 0 Å². The molecule has 0 bridgehead atoms. The van der Waals surface area contributed by atoms with E-state index in [1.54, 1.807) is 0 Å². The maximum absolute atomic E-state index is 12.4. The first kappa shape index (κ1) is 18.6. The smallest absolute Gasteiger partial charge is 0.251 e. The first-order valence-corrected chi connectivity index (χ1v) is 9.62. The summed E-state index contributed by atoms with van der Waals surface area (Å²) in [5, 5.41) is 3.05. The summed E-state index contributed by atoms with van der Waals surface area (Å²) in [5.41, 5.74) is 9.83. The molecule has 0 aromatic heterocycles. The van der Waals surface area contributed by atoms with Gasteiger partial charge in [0, 0.05) is 25.2 Å². The van der Waals surface area contributed by atoms with Crippen molar-refractivity contribution in [2.24, 2.45) is 5.73 Å². The van der Waals surface area contributed by atoms with Crippen molar-refractivity contribution in [2.75, 3.05) is 13.1 Å². The molecule has 2 aromatic carbocycles. The molecule has 0 spiro atoms. The molecule has 1 saturated heterocycles. The first-order valence-electron chi connectivity index (χ1n) is 9.62. The molecule has 1 aliphatic rings. The second-order valence-electron chi connectivity index (χ2n) is 7.04. The second-order valence-corrected chi connectivity index (χ2v) is 7.04. The monoisotopic (exact) mass is 351 g/mol. The average Bonchev–Trinajstić information content (AvgIpc) is 2.96. The Hall–Kier alpha value is -2.17. The van der Waals surface area contributed by atoms with Crippen LogP contribution in [0.25, 0.3) is 0 Å². The van der Waals surface area contributed by atoms with E-state index in [4.69, 9.17) is 5.73 Å². The van der Waals surface area contributed by atoms with Crippen LogP contribution in [0.1, 0.15) is 52.7 Å². The van der Waals surface area contributed by atoms with Gasteiger partial charge in [-0.15, -0.1) is 0 Å². The van der Waals surface area contributed by atoms with E-state index in [0.717, 1.165) is 12.1 Å². The van der Waals surface area contributed by atoms with Gasteiger partial charge in [0.25, 0.3) is 5.91 Å². The molecule has 3 rings (SSSR count). The Kier molecular flexibility index (Phi) is 6.81.